The molecule has 1 atom stereocenters. The summed E-state index contributed by atoms with van der Waals surface area (Å²) in [5.41, 5.74) is -0.168. The van der Waals surface area contributed by atoms with Crippen molar-refractivity contribution in [2.24, 2.45) is 0 Å². The maximum absolute atomic E-state index is 11.5. The van der Waals surface area contributed by atoms with Crippen molar-refractivity contribution in [2.45, 2.75) is 26.3 Å². The largest absolute Gasteiger partial charge is 0.477 e. The van der Waals surface area contributed by atoms with Gasteiger partial charge in [-0.1, -0.05) is 6.92 Å². The van der Waals surface area contributed by atoms with Gasteiger partial charge in [-0.2, -0.15) is 0 Å². The minimum atomic E-state index is -0.658. The van der Waals surface area contributed by atoms with Gasteiger partial charge in [0.25, 0.3) is 5.91 Å². The lowest BCUT2D eigenvalue weighted by Gasteiger charge is -2.12. The lowest BCUT2D eigenvalue weighted by atomic mass is 10.2. The molecule has 0 spiro atoms. The van der Waals surface area contributed by atoms with E-state index < -0.39 is 4.92 Å². The summed E-state index contributed by atoms with van der Waals surface area (Å²) in [6, 6.07) is 3.81. The molecule has 1 aromatic rings. The minimum absolute atomic E-state index is 0.0125. The third kappa shape index (κ3) is 4.34. The van der Waals surface area contributed by atoms with Crippen molar-refractivity contribution in [3.05, 3.63) is 33.9 Å². The van der Waals surface area contributed by atoms with Crippen LogP contribution in [-0.4, -0.2) is 29.8 Å². The number of nitro benzene ring substituents is 1. The number of carbonyl (C=O) groups excluding carboxylic acids is 2. The van der Waals surface area contributed by atoms with E-state index >= 15 is 0 Å². The Hall–Kier alpha value is -2.44. The van der Waals surface area contributed by atoms with Gasteiger partial charge >= 0.3 is 5.69 Å². The monoisotopic (exact) mass is 280 g/mol. The van der Waals surface area contributed by atoms with Crippen LogP contribution in [0.25, 0.3) is 0 Å². The van der Waals surface area contributed by atoms with Crippen LogP contribution in [0.5, 0.6) is 5.75 Å². The average molecular weight is 280 g/mol. The number of amides is 1. The molecule has 1 unspecified atom stereocenters. The van der Waals surface area contributed by atoms with Crippen molar-refractivity contribution in [3.63, 3.8) is 0 Å². The molecule has 0 fully saturated rings. The summed E-state index contributed by atoms with van der Waals surface area (Å²) < 4.78 is 5.14. The van der Waals surface area contributed by atoms with E-state index in [-0.39, 0.29) is 35.6 Å². The number of hydrogen-bond acceptors (Lipinski definition) is 5. The van der Waals surface area contributed by atoms with Crippen molar-refractivity contribution >= 4 is 17.9 Å². The fourth-order valence-electron chi connectivity index (χ4n) is 1.43. The number of nitrogens with one attached hydrogen (secondary N) is 1. The quantitative estimate of drug-likeness (QED) is 0.465. The number of nitro groups is 1. The van der Waals surface area contributed by atoms with Gasteiger partial charge in [-0.25, -0.2) is 0 Å². The first kappa shape index (κ1) is 15.6. The summed E-state index contributed by atoms with van der Waals surface area (Å²) in [4.78, 5) is 32.3. The van der Waals surface area contributed by atoms with Crippen LogP contribution in [0.4, 0.5) is 5.69 Å². The van der Waals surface area contributed by atoms with Crippen molar-refractivity contribution < 1.29 is 19.2 Å². The first-order chi connectivity index (χ1) is 9.47. The minimum Gasteiger partial charge on any atom is -0.477 e. The standard InChI is InChI=1S/C13H16N2O5/c1-3-9(2)14-13(17)8-20-12-5-4-10(7-16)6-11(12)15(18)19/h4-7,9H,3,8H2,1-2H3,(H,14,17). The highest BCUT2D eigenvalue weighted by Crippen LogP contribution is 2.27. The van der Waals surface area contributed by atoms with E-state index in [9.17, 15) is 19.7 Å². The van der Waals surface area contributed by atoms with Crippen LogP contribution in [0.3, 0.4) is 0 Å². The smallest absolute Gasteiger partial charge is 0.311 e. The van der Waals surface area contributed by atoms with Gasteiger partial charge in [0.1, 0.15) is 6.29 Å². The Morgan fingerprint density at radius 2 is 2.25 bits per heavy atom. The summed E-state index contributed by atoms with van der Waals surface area (Å²) in [5.74, 6) is -0.395. The molecule has 0 radical (unpaired) electrons. The molecule has 0 bridgehead atoms. The van der Waals surface area contributed by atoms with E-state index in [0.29, 0.717) is 6.29 Å². The van der Waals surface area contributed by atoms with Crippen molar-refractivity contribution in [1.29, 1.82) is 0 Å². The van der Waals surface area contributed by atoms with Crippen molar-refractivity contribution in [3.8, 4) is 5.75 Å². The van der Waals surface area contributed by atoms with E-state index in [1.807, 2.05) is 13.8 Å². The van der Waals surface area contributed by atoms with Gasteiger partial charge in [0, 0.05) is 17.7 Å². The second-order valence-corrected chi connectivity index (χ2v) is 4.27. The van der Waals surface area contributed by atoms with Crippen LogP contribution in [-0.2, 0) is 4.79 Å². The highest BCUT2D eigenvalue weighted by Gasteiger charge is 2.17. The molecule has 0 aromatic heterocycles. The number of carbonyl (C=O) groups is 2. The Bertz CT molecular complexity index is 515. The predicted molar refractivity (Wildman–Crippen MR) is 71.9 cm³/mol. The SMILES string of the molecule is CCC(C)NC(=O)COc1ccc(C=O)cc1[N+](=O)[O-]. The van der Waals surface area contributed by atoms with Gasteiger partial charge in [0.05, 0.1) is 4.92 Å². The third-order valence-corrected chi connectivity index (χ3v) is 2.69. The number of hydrogen-bond donors (Lipinski definition) is 1. The predicted octanol–water partition coefficient (Wildman–Crippen LogP) is 1.70. The van der Waals surface area contributed by atoms with E-state index in [1.54, 1.807) is 0 Å². The zero-order valence-electron chi connectivity index (χ0n) is 11.3. The Balaban J connectivity index is 2.75. The maximum Gasteiger partial charge on any atom is 0.311 e. The van der Waals surface area contributed by atoms with E-state index in [0.717, 1.165) is 12.5 Å². The maximum atomic E-state index is 11.5. The number of rotatable bonds is 7. The van der Waals surface area contributed by atoms with Crippen LogP contribution >= 0.6 is 0 Å². The number of benzene rings is 1. The van der Waals surface area contributed by atoms with Crippen LogP contribution in [0.1, 0.15) is 30.6 Å². The van der Waals surface area contributed by atoms with Crippen LogP contribution in [0, 0.1) is 10.1 Å². The molecule has 7 heteroatoms. The molecule has 1 N–H and O–H groups in total. The molecule has 0 saturated carbocycles. The van der Waals surface area contributed by atoms with Crippen molar-refractivity contribution in [2.75, 3.05) is 6.61 Å². The molecular formula is C13H16N2O5. The zero-order chi connectivity index (χ0) is 15.1. The summed E-state index contributed by atoms with van der Waals surface area (Å²) in [6.07, 6.45) is 1.28. The van der Waals surface area contributed by atoms with Gasteiger partial charge < -0.3 is 10.1 Å². The Kier molecular flexibility index (Phi) is 5.64. The molecule has 0 aliphatic heterocycles. The zero-order valence-corrected chi connectivity index (χ0v) is 11.3. The molecular weight excluding hydrogens is 264 g/mol. The van der Waals surface area contributed by atoms with E-state index in [2.05, 4.69) is 5.32 Å². The lowest BCUT2D eigenvalue weighted by molar-refractivity contribution is -0.385. The van der Waals surface area contributed by atoms with E-state index in [1.165, 1.54) is 12.1 Å². The van der Waals surface area contributed by atoms with Gasteiger partial charge in [-0.05, 0) is 25.5 Å². The van der Waals surface area contributed by atoms with Crippen LogP contribution < -0.4 is 10.1 Å². The topological polar surface area (TPSA) is 98.5 Å². The molecule has 1 amide bonds. The van der Waals surface area contributed by atoms with E-state index in [4.69, 9.17) is 4.74 Å². The third-order valence-electron chi connectivity index (χ3n) is 2.69. The molecule has 108 valence electrons. The summed E-state index contributed by atoms with van der Waals surface area (Å²) >= 11 is 0. The lowest BCUT2D eigenvalue weighted by Crippen LogP contribution is -2.35. The fourth-order valence-corrected chi connectivity index (χ4v) is 1.43. The molecule has 20 heavy (non-hydrogen) atoms. The molecule has 0 aliphatic carbocycles. The van der Waals surface area contributed by atoms with Crippen molar-refractivity contribution in [1.82, 2.24) is 5.32 Å². The molecule has 0 saturated heterocycles. The van der Waals surface area contributed by atoms with Gasteiger partial charge in [0.2, 0.25) is 0 Å². The second-order valence-electron chi connectivity index (χ2n) is 4.27. The first-order valence-corrected chi connectivity index (χ1v) is 6.13. The van der Waals surface area contributed by atoms with Crippen LogP contribution in [0.2, 0.25) is 0 Å². The Labute approximate surface area is 116 Å². The first-order valence-electron chi connectivity index (χ1n) is 6.13. The van der Waals surface area contributed by atoms with Gasteiger partial charge in [-0.15, -0.1) is 0 Å². The number of nitrogens with zero attached hydrogens (tertiary/aromatic N) is 1. The molecule has 7 nitrogen and oxygen atoms in total. The normalized spacial score (nSPS) is 11.5. The second kappa shape index (κ2) is 7.22. The fraction of sp³-hybridized carbons (Fsp3) is 0.385. The van der Waals surface area contributed by atoms with Gasteiger partial charge in [0.15, 0.2) is 12.4 Å². The highest BCUT2D eigenvalue weighted by molar-refractivity contribution is 5.79. The molecule has 1 aromatic carbocycles. The Morgan fingerprint density at radius 3 is 2.80 bits per heavy atom. The number of ether oxygens (including phenoxy) is 1. The summed E-state index contributed by atoms with van der Waals surface area (Å²) in [5, 5.41) is 13.5. The average Bonchev–Trinajstić information content (AvgIpc) is 2.44. The van der Waals surface area contributed by atoms with Crippen LogP contribution in [0.15, 0.2) is 18.2 Å². The number of aldehydes is 1. The molecule has 0 heterocycles. The highest BCUT2D eigenvalue weighted by atomic mass is 16.6. The molecule has 0 aliphatic rings. The Morgan fingerprint density at radius 1 is 1.55 bits per heavy atom. The summed E-state index contributed by atoms with van der Waals surface area (Å²) in [7, 11) is 0. The summed E-state index contributed by atoms with van der Waals surface area (Å²) in [6.45, 7) is 3.46. The molecule has 1 rings (SSSR count). The van der Waals surface area contributed by atoms with Gasteiger partial charge in [-0.3, -0.25) is 19.7 Å².